The fourth-order valence-electron chi connectivity index (χ4n) is 16.7. The summed E-state index contributed by atoms with van der Waals surface area (Å²) >= 11 is 5.93. The Bertz CT molecular complexity index is 5580. The van der Waals surface area contributed by atoms with Crippen molar-refractivity contribution in [1.82, 2.24) is 68.9 Å². The van der Waals surface area contributed by atoms with Gasteiger partial charge in [-0.15, -0.1) is 0 Å². The minimum atomic E-state index is -0.509. The van der Waals surface area contributed by atoms with Gasteiger partial charge in [0, 0.05) is 71.6 Å². The molecule has 4 aliphatic carbocycles. The minimum Gasteiger partial charge on any atom is -0.481 e. The van der Waals surface area contributed by atoms with Crippen molar-refractivity contribution < 1.29 is 20.1 Å². The molecule has 8 heterocycles. The van der Waals surface area contributed by atoms with E-state index in [-0.39, 0.29) is 34.8 Å². The number of aliphatic hydroxyl groups is 3. The van der Waals surface area contributed by atoms with E-state index in [1.165, 1.54) is 32.1 Å². The number of aromatic amines is 1. The van der Waals surface area contributed by atoms with Crippen LogP contribution in [-0.2, 0) is 19.3 Å². The van der Waals surface area contributed by atoms with E-state index in [1.54, 1.807) is 81.5 Å². The van der Waals surface area contributed by atoms with Gasteiger partial charge in [-0.1, -0.05) is 167 Å². The normalized spacial score (nSPS) is 19.8. The maximum absolute atomic E-state index is 13.6. The predicted octanol–water partition coefficient (Wildman–Crippen LogP) is 15.5. The van der Waals surface area contributed by atoms with Crippen LogP contribution in [0.4, 0.5) is 0 Å². The molecule has 566 valence electrons. The Morgan fingerprint density at radius 2 is 0.900 bits per heavy atom. The van der Waals surface area contributed by atoms with Gasteiger partial charge in [-0.05, 0) is 176 Å². The van der Waals surface area contributed by atoms with E-state index in [9.17, 15) is 29.7 Å². The Labute approximate surface area is 643 Å². The third kappa shape index (κ3) is 17.2. The monoisotopic (exact) mass is 1490 g/mol. The molecule has 14 aromatic rings. The molecule has 5 N–H and O–H groups in total. The number of nitrogens with zero attached hydrogens (tertiary/aromatic N) is 12. The first kappa shape index (κ1) is 76.1. The summed E-state index contributed by atoms with van der Waals surface area (Å²) in [5, 5.41) is 53.7. The first-order chi connectivity index (χ1) is 53.8. The third-order valence-electron chi connectivity index (χ3n) is 22.5. The number of hydrogen-bond donors (Lipinski definition) is 5. The van der Waals surface area contributed by atoms with Gasteiger partial charge >= 0.3 is 0 Å². The van der Waals surface area contributed by atoms with Gasteiger partial charge in [0.05, 0.1) is 95.2 Å². The van der Waals surface area contributed by atoms with Crippen LogP contribution < -0.4 is 26.7 Å². The van der Waals surface area contributed by atoms with Crippen molar-refractivity contribution in [3.8, 4) is 11.7 Å². The van der Waals surface area contributed by atoms with Crippen LogP contribution in [0.5, 0.6) is 5.88 Å². The molecule has 0 aliphatic heterocycles. The highest BCUT2D eigenvalue weighted by molar-refractivity contribution is 6.29. The lowest BCUT2D eigenvalue weighted by Crippen LogP contribution is -2.35. The van der Waals surface area contributed by atoms with Crippen LogP contribution in [0.15, 0.2) is 216 Å². The number of halogens is 1. The lowest BCUT2D eigenvalue weighted by atomic mass is 9.83. The first-order valence-corrected chi connectivity index (χ1v) is 39.2. The Kier molecular flexibility index (Phi) is 24.8. The number of methoxy groups -OCH3 is 1. The SMILES string of the molecule is CC[C@@H]1CCCC[C@H]1NC.COc1ccc(Cc2cc3c(=O)n([C@H]4CCCC[C@@H]4O)cnc3c3ccccc23)cn1.O=c1c2cc(Cc3ccc(-n4cccn4)nc3)c3ccccc3c2ncn1[C@H]1CCCC[C@@H]1O.O=c1c2cc(Cc3ccc(Cl)nc3)c3ccccc3c2ncn1[C@H]1CCCC[C@@H]1O.c1cn[nH]c1. The van der Waals surface area contributed by atoms with Gasteiger partial charge in [0.1, 0.15) is 5.15 Å². The summed E-state index contributed by atoms with van der Waals surface area (Å²) in [6.07, 6.45) is 35.4. The Morgan fingerprint density at radius 3 is 1.25 bits per heavy atom. The number of nitrogens with one attached hydrogen (secondary N) is 2. The van der Waals surface area contributed by atoms with E-state index in [1.807, 2.05) is 128 Å². The molecular formula is C88H95ClN14O7. The molecular weight excluding hydrogens is 1400 g/mol. The molecule has 4 fully saturated rings. The molecule has 6 aromatic carbocycles. The number of aromatic nitrogens is 13. The van der Waals surface area contributed by atoms with Crippen molar-refractivity contribution in [3.63, 3.8) is 0 Å². The second-order valence-corrected chi connectivity index (χ2v) is 29.8. The third-order valence-corrected chi connectivity index (χ3v) is 22.7. The number of fused-ring (bicyclic) bond motifs is 9. The molecule has 21 nitrogen and oxygen atoms in total. The zero-order valence-corrected chi connectivity index (χ0v) is 63.3. The number of benzene rings is 6. The van der Waals surface area contributed by atoms with Crippen LogP contribution in [0, 0.1) is 5.92 Å². The van der Waals surface area contributed by atoms with Gasteiger partial charge in [0.25, 0.3) is 16.7 Å². The first-order valence-electron chi connectivity index (χ1n) is 38.8. The maximum atomic E-state index is 13.6. The fraction of sp³-hybridized carbons (Fsp3) is 0.352. The topological polar surface area (TPSA) is 272 Å². The number of aliphatic hydroxyl groups excluding tert-OH is 3. The highest BCUT2D eigenvalue weighted by Crippen LogP contribution is 2.36. The fourth-order valence-corrected chi connectivity index (χ4v) is 16.8. The van der Waals surface area contributed by atoms with Crippen LogP contribution in [0.3, 0.4) is 0 Å². The standard InChI is InChI=1S/C27H25N5O2.C25H25N3O3.C24H22ClN3O2.C9H19N.C3H4N2/c33-24-9-4-3-8-23(24)31-17-29-26-21-7-2-1-6-20(21)19(15-22(26)27(31)34)14-18-10-11-25(28-16-18)32-13-5-12-30-32;1-31-23-11-10-16(14-26-23)12-17-13-20-24(19-7-3-2-6-18(17)19)27-15-28(25(20)30)21-8-4-5-9-22(21)29;25-22-10-9-15(13-26-22)11-16-12-19-23(18-6-2-1-5-17(16)18)27-14-28(24(19)30)20-7-3-4-8-21(20)29;1-3-8-6-4-5-7-9(8)10-2;1-2-4-5-3-1/h1-2,5-7,10-13,15-17,23-24,33H,3-4,8-9,14H2;2-3,6-7,10-11,13-15,21-22,29H,4-5,8-9,12H2,1H3;1-2,5-6,9-10,12-14,20-21,29H,3-4,7-8,11H2;8-10H,3-7H2,1-2H3;1-3H,(H,4,5)/t23-,24-;21-,22-;20-,21-;8-,9-;/m0001./s1. The molecule has 0 spiro atoms. The van der Waals surface area contributed by atoms with Gasteiger partial charge < -0.3 is 25.4 Å². The predicted molar refractivity (Wildman–Crippen MR) is 435 cm³/mol. The van der Waals surface area contributed by atoms with Crippen molar-refractivity contribution in [2.24, 2.45) is 5.92 Å². The van der Waals surface area contributed by atoms with Crippen molar-refractivity contribution in [2.45, 2.75) is 178 Å². The van der Waals surface area contributed by atoms with E-state index in [0.29, 0.717) is 63.0 Å². The van der Waals surface area contributed by atoms with Gasteiger partial charge in [-0.25, -0.2) is 34.6 Å². The van der Waals surface area contributed by atoms with E-state index in [4.69, 9.17) is 21.3 Å². The van der Waals surface area contributed by atoms with Gasteiger partial charge in [0.15, 0.2) is 5.82 Å². The minimum absolute atomic E-state index is 0.0872. The summed E-state index contributed by atoms with van der Waals surface area (Å²) in [4.78, 5) is 67.6. The number of H-pyrrole nitrogens is 1. The summed E-state index contributed by atoms with van der Waals surface area (Å²) in [5.74, 6) is 2.29. The highest BCUT2D eigenvalue weighted by atomic mass is 35.5. The Balaban J connectivity index is 0.000000125. The van der Waals surface area contributed by atoms with Crippen molar-refractivity contribution in [1.29, 1.82) is 0 Å². The summed E-state index contributed by atoms with van der Waals surface area (Å²) in [5.41, 5.74) is 8.11. The zero-order valence-electron chi connectivity index (χ0n) is 62.5. The van der Waals surface area contributed by atoms with Gasteiger partial charge in [-0.3, -0.25) is 33.2 Å². The average molecular weight is 1500 g/mol. The molecule has 0 saturated heterocycles. The Morgan fingerprint density at radius 1 is 0.473 bits per heavy atom. The molecule has 4 saturated carbocycles. The van der Waals surface area contributed by atoms with Crippen LogP contribution in [0.2, 0.25) is 5.15 Å². The smallest absolute Gasteiger partial charge is 0.261 e. The second kappa shape index (κ2) is 35.8. The van der Waals surface area contributed by atoms with Crippen LogP contribution in [0.1, 0.15) is 168 Å². The summed E-state index contributed by atoms with van der Waals surface area (Å²) in [6.45, 7) is 2.31. The lowest BCUT2D eigenvalue weighted by molar-refractivity contribution is 0.0733. The molecule has 8 aromatic heterocycles. The van der Waals surface area contributed by atoms with E-state index >= 15 is 0 Å². The largest absolute Gasteiger partial charge is 0.481 e. The molecule has 18 rings (SSSR count). The number of pyridine rings is 3. The number of hydrogen-bond acceptors (Lipinski definition) is 16. The van der Waals surface area contributed by atoms with Crippen LogP contribution >= 0.6 is 11.6 Å². The Hall–Kier alpha value is -10.7. The molecule has 0 radical (unpaired) electrons. The molecule has 110 heavy (non-hydrogen) atoms. The second-order valence-electron chi connectivity index (χ2n) is 29.4. The lowest BCUT2D eigenvalue weighted by Gasteiger charge is -2.30. The van der Waals surface area contributed by atoms with E-state index < -0.39 is 18.3 Å². The zero-order chi connectivity index (χ0) is 76.0. The summed E-state index contributed by atoms with van der Waals surface area (Å²) in [7, 11) is 3.69. The number of ether oxygens (including phenoxy) is 1. The van der Waals surface area contributed by atoms with Gasteiger partial charge in [-0.2, -0.15) is 10.2 Å². The molecule has 22 heteroatoms. The summed E-state index contributed by atoms with van der Waals surface area (Å²) in [6, 6.07) is 45.5. The van der Waals surface area contributed by atoms with Gasteiger partial charge in [0.2, 0.25) is 5.88 Å². The summed E-state index contributed by atoms with van der Waals surface area (Å²) < 4.78 is 11.8. The van der Waals surface area contributed by atoms with Crippen molar-refractivity contribution >= 4 is 76.6 Å². The highest BCUT2D eigenvalue weighted by Gasteiger charge is 2.30. The molecule has 4 aliphatic rings. The molecule has 8 atom stereocenters. The molecule has 0 amide bonds. The van der Waals surface area contributed by atoms with E-state index in [2.05, 4.69) is 77.7 Å². The maximum Gasteiger partial charge on any atom is 0.261 e. The number of rotatable bonds is 13. The molecule has 0 unspecified atom stereocenters. The quantitative estimate of drug-likeness (QED) is 0.0530. The van der Waals surface area contributed by atoms with Crippen molar-refractivity contribution in [2.75, 3.05) is 14.2 Å². The van der Waals surface area contributed by atoms with E-state index in [0.717, 1.165) is 161 Å². The molecule has 0 bridgehead atoms. The van der Waals surface area contributed by atoms with Crippen molar-refractivity contribution in [3.05, 3.63) is 271 Å². The van der Waals surface area contributed by atoms with Crippen LogP contribution in [-0.4, -0.2) is 117 Å². The van der Waals surface area contributed by atoms with Crippen LogP contribution in [0.25, 0.3) is 70.8 Å². The average Bonchev–Trinajstić information content (AvgIpc) is 0.886.